The quantitative estimate of drug-likeness (QED) is 0.763. The van der Waals surface area contributed by atoms with Crippen molar-refractivity contribution in [1.29, 1.82) is 0 Å². The predicted octanol–water partition coefficient (Wildman–Crippen LogP) is 1.11. The van der Waals surface area contributed by atoms with Crippen LogP contribution in [0.2, 0.25) is 0 Å². The zero-order valence-corrected chi connectivity index (χ0v) is 11.3. The molecule has 20 heavy (non-hydrogen) atoms. The van der Waals surface area contributed by atoms with Crippen LogP contribution in [0, 0.1) is 0 Å². The first-order valence-corrected chi connectivity index (χ1v) is 6.39. The van der Waals surface area contributed by atoms with E-state index >= 15 is 0 Å². The average Bonchev–Trinajstić information content (AvgIpc) is 2.47. The van der Waals surface area contributed by atoms with Crippen LogP contribution in [0.4, 0.5) is 5.69 Å². The molecule has 0 radical (unpaired) electrons. The third-order valence-electron chi connectivity index (χ3n) is 2.88. The predicted molar refractivity (Wildman–Crippen MR) is 79.5 cm³/mol. The Kier molecular flexibility index (Phi) is 4.68. The summed E-state index contributed by atoms with van der Waals surface area (Å²) in [5.41, 5.74) is 0.746. The van der Waals surface area contributed by atoms with Gasteiger partial charge in [-0.1, -0.05) is 30.3 Å². The molecule has 2 amide bonds. The van der Waals surface area contributed by atoms with Crippen LogP contribution in [-0.2, 0) is 9.59 Å². The van der Waals surface area contributed by atoms with Gasteiger partial charge in [-0.2, -0.15) is 0 Å². The Morgan fingerprint density at radius 3 is 2.40 bits per heavy atom. The van der Waals surface area contributed by atoms with Crippen molar-refractivity contribution >= 4 is 28.3 Å². The maximum Gasteiger partial charge on any atom is 0.238 e. The second kappa shape index (κ2) is 6.68. The second-order valence-corrected chi connectivity index (χ2v) is 4.39. The van der Waals surface area contributed by atoms with Gasteiger partial charge in [0.25, 0.3) is 0 Å². The third kappa shape index (κ3) is 3.80. The molecule has 3 N–H and O–H groups in total. The maximum atomic E-state index is 11.7. The van der Waals surface area contributed by atoms with E-state index in [-0.39, 0.29) is 24.9 Å². The van der Waals surface area contributed by atoms with Gasteiger partial charge in [0.15, 0.2) is 0 Å². The lowest BCUT2D eigenvalue weighted by molar-refractivity contribution is -0.119. The SMILES string of the molecule is CNC(=O)CNCC(=O)Nc1ccc2ccccc2c1. The highest BCUT2D eigenvalue weighted by atomic mass is 16.2. The fourth-order valence-corrected chi connectivity index (χ4v) is 1.85. The summed E-state index contributed by atoms with van der Waals surface area (Å²) < 4.78 is 0. The number of carbonyl (C=O) groups excluding carboxylic acids is 2. The minimum Gasteiger partial charge on any atom is -0.358 e. The highest BCUT2D eigenvalue weighted by Crippen LogP contribution is 2.18. The highest BCUT2D eigenvalue weighted by Gasteiger charge is 2.04. The van der Waals surface area contributed by atoms with Crippen molar-refractivity contribution in [3.8, 4) is 0 Å². The number of anilines is 1. The standard InChI is InChI=1S/C15H17N3O2/c1-16-14(19)9-17-10-15(20)18-13-7-6-11-4-2-3-5-12(11)8-13/h2-8,17H,9-10H2,1H3,(H,16,19)(H,18,20). The Morgan fingerprint density at radius 1 is 0.950 bits per heavy atom. The van der Waals surface area contributed by atoms with Gasteiger partial charge in [0.1, 0.15) is 0 Å². The molecule has 2 aromatic carbocycles. The van der Waals surface area contributed by atoms with Gasteiger partial charge >= 0.3 is 0 Å². The zero-order valence-electron chi connectivity index (χ0n) is 11.3. The summed E-state index contributed by atoms with van der Waals surface area (Å²) in [6.45, 7) is 0.224. The first-order valence-electron chi connectivity index (χ1n) is 6.39. The van der Waals surface area contributed by atoms with E-state index < -0.39 is 0 Å². The van der Waals surface area contributed by atoms with E-state index in [1.54, 1.807) is 7.05 Å². The summed E-state index contributed by atoms with van der Waals surface area (Å²) in [6.07, 6.45) is 0. The summed E-state index contributed by atoms with van der Waals surface area (Å²) in [4.78, 5) is 22.7. The minimum atomic E-state index is -0.177. The van der Waals surface area contributed by atoms with Gasteiger partial charge in [-0.3, -0.25) is 14.9 Å². The van der Waals surface area contributed by atoms with Gasteiger partial charge in [-0.25, -0.2) is 0 Å². The maximum absolute atomic E-state index is 11.7. The van der Waals surface area contributed by atoms with Crippen molar-refractivity contribution in [2.24, 2.45) is 0 Å². The lowest BCUT2D eigenvalue weighted by Gasteiger charge is -2.07. The number of rotatable bonds is 5. The average molecular weight is 271 g/mol. The number of likely N-dealkylation sites (N-methyl/N-ethyl adjacent to an activating group) is 1. The van der Waals surface area contributed by atoms with Gasteiger partial charge in [0, 0.05) is 12.7 Å². The number of carbonyl (C=O) groups is 2. The molecule has 0 heterocycles. The molecule has 2 rings (SSSR count). The normalized spacial score (nSPS) is 10.2. The summed E-state index contributed by atoms with van der Waals surface area (Å²) >= 11 is 0. The molecule has 0 saturated carbocycles. The molecule has 0 aromatic heterocycles. The Hall–Kier alpha value is -2.40. The molecule has 0 saturated heterocycles. The molecule has 0 unspecified atom stereocenters. The summed E-state index contributed by atoms with van der Waals surface area (Å²) in [5, 5.41) is 10.2. The topological polar surface area (TPSA) is 70.2 Å². The Labute approximate surface area is 117 Å². The summed E-state index contributed by atoms with van der Waals surface area (Å²) in [6, 6.07) is 13.7. The van der Waals surface area contributed by atoms with Crippen LogP contribution in [0.5, 0.6) is 0 Å². The molecule has 0 spiro atoms. The number of fused-ring (bicyclic) bond motifs is 1. The molecule has 104 valence electrons. The van der Waals surface area contributed by atoms with Crippen LogP contribution in [0.15, 0.2) is 42.5 Å². The van der Waals surface area contributed by atoms with Crippen molar-refractivity contribution in [3.05, 3.63) is 42.5 Å². The lowest BCUT2D eigenvalue weighted by Crippen LogP contribution is -2.36. The number of benzene rings is 2. The van der Waals surface area contributed by atoms with E-state index in [4.69, 9.17) is 0 Å². The van der Waals surface area contributed by atoms with Crippen LogP contribution >= 0.6 is 0 Å². The molecule has 0 atom stereocenters. The van der Waals surface area contributed by atoms with Gasteiger partial charge < -0.3 is 10.6 Å². The van der Waals surface area contributed by atoms with Crippen LogP contribution in [0.25, 0.3) is 10.8 Å². The van der Waals surface area contributed by atoms with Crippen LogP contribution < -0.4 is 16.0 Å². The molecule has 0 aliphatic rings. The van der Waals surface area contributed by atoms with Crippen LogP contribution in [-0.4, -0.2) is 32.0 Å². The third-order valence-corrected chi connectivity index (χ3v) is 2.88. The molecule has 2 aromatic rings. The second-order valence-electron chi connectivity index (χ2n) is 4.39. The monoisotopic (exact) mass is 271 g/mol. The molecule has 0 aliphatic heterocycles. The smallest absolute Gasteiger partial charge is 0.238 e. The first kappa shape index (κ1) is 14.0. The Morgan fingerprint density at radius 2 is 1.65 bits per heavy atom. The summed E-state index contributed by atoms with van der Waals surface area (Å²) in [5.74, 6) is -0.326. The molecule has 0 aliphatic carbocycles. The molecule has 5 nitrogen and oxygen atoms in total. The van der Waals surface area contributed by atoms with E-state index in [9.17, 15) is 9.59 Å². The van der Waals surface area contributed by atoms with E-state index in [1.807, 2.05) is 42.5 Å². The van der Waals surface area contributed by atoms with Crippen molar-refractivity contribution in [1.82, 2.24) is 10.6 Å². The van der Waals surface area contributed by atoms with Gasteiger partial charge in [0.2, 0.25) is 11.8 Å². The Bertz CT molecular complexity index is 625. The van der Waals surface area contributed by atoms with Crippen molar-refractivity contribution < 1.29 is 9.59 Å². The molecule has 0 bridgehead atoms. The summed E-state index contributed by atoms with van der Waals surface area (Å²) in [7, 11) is 1.55. The van der Waals surface area contributed by atoms with E-state index in [2.05, 4.69) is 16.0 Å². The molecule has 5 heteroatoms. The number of hydrogen-bond donors (Lipinski definition) is 3. The number of nitrogens with one attached hydrogen (secondary N) is 3. The fraction of sp³-hybridized carbons (Fsp3) is 0.200. The van der Waals surface area contributed by atoms with Crippen LogP contribution in [0.1, 0.15) is 0 Å². The van der Waals surface area contributed by atoms with Crippen molar-refractivity contribution in [2.45, 2.75) is 0 Å². The van der Waals surface area contributed by atoms with Gasteiger partial charge in [-0.15, -0.1) is 0 Å². The van der Waals surface area contributed by atoms with E-state index in [1.165, 1.54) is 0 Å². The van der Waals surface area contributed by atoms with Crippen LogP contribution in [0.3, 0.4) is 0 Å². The zero-order chi connectivity index (χ0) is 14.4. The number of amides is 2. The van der Waals surface area contributed by atoms with Gasteiger partial charge in [-0.05, 0) is 22.9 Å². The molecule has 0 fully saturated rings. The van der Waals surface area contributed by atoms with Gasteiger partial charge in [0.05, 0.1) is 13.1 Å². The van der Waals surface area contributed by atoms with Crippen molar-refractivity contribution in [2.75, 3.05) is 25.5 Å². The number of hydrogen-bond acceptors (Lipinski definition) is 3. The highest BCUT2D eigenvalue weighted by molar-refractivity contribution is 5.95. The Balaban J connectivity index is 1.91. The van der Waals surface area contributed by atoms with E-state index in [0.717, 1.165) is 16.5 Å². The fourth-order valence-electron chi connectivity index (χ4n) is 1.85. The minimum absolute atomic E-state index is 0.0975. The molecular formula is C15H17N3O2. The largest absolute Gasteiger partial charge is 0.358 e. The first-order chi connectivity index (χ1) is 9.69. The lowest BCUT2D eigenvalue weighted by atomic mass is 10.1. The van der Waals surface area contributed by atoms with Crippen molar-refractivity contribution in [3.63, 3.8) is 0 Å². The molecular weight excluding hydrogens is 254 g/mol. The van der Waals surface area contributed by atoms with E-state index in [0.29, 0.717) is 0 Å².